The minimum absolute atomic E-state index is 0.124. The molecule has 0 aliphatic carbocycles. The molecule has 149 heavy (non-hydrogen) atoms. The number of urea groups is 2. The number of hydroxylamine groups is 4. The maximum atomic E-state index is 13.1. The van der Waals surface area contributed by atoms with Crippen LogP contribution in [0.5, 0.6) is 0 Å². The lowest BCUT2D eigenvalue weighted by Gasteiger charge is -2.46. The first kappa shape index (κ1) is 131. The van der Waals surface area contributed by atoms with Crippen LogP contribution in [0.1, 0.15) is 158 Å². The van der Waals surface area contributed by atoms with Crippen molar-refractivity contribution in [3.05, 3.63) is 170 Å². The molecular formula is C102H166N8O39. The fraction of sp³-hybridized carbons (Fsp3) is 0.676. The summed E-state index contributed by atoms with van der Waals surface area (Å²) in [5.41, 5.74) is 15.9. The molecule has 6 rings (SSSR count). The fourth-order valence-corrected chi connectivity index (χ4v) is 16.9. The lowest BCUT2D eigenvalue weighted by molar-refractivity contribution is -0.303. The number of cyclic esters (lactones) is 2. The second kappa shape index (κ2) is 68.1. The Bertz CT molecular complexity index is 4340. The number of carbonyl (C=O) groups excluding carboxylic acids is 4. The van der Waals surface area contributed by atoms with Crippen molar-refractivity contribution in [2.24, 2.45) is 40.1 Å². The largest absolute Gasteiger partial charge is 0.462 e. The van der Waals surface area contributed by atoms with Crippen molar-refractivity contribution >= 4 is 30.0 Å². The number of ether oxygens (including phenoxy) is 8. The van der Waals surface area contributed by atoms with E-state index in [1.807, 2.05) is 37.0 Å². The second-order valence-corrected chi connectivity index (χ2v) is 38.7. The molecule has 1 unspecified atom stereocenters. The molecule has 4 amide bonds. The molecule has 6 aliphatic rings. The van der Waals surface area contributed by atoms with Crippen LogP contribution < -0.4 is 33.1 Å². The first-order valence-corrected chi connectivity index (χ1v) is 50.3. The molecule has 0 spiro atoms. The molecule has 6 aliphatic heterocycles. The van der Waals surface area contributed by atoms with Gasteiger partial charge < -0.3 is 183 Å². The van der Waals surface area contributed by atoms with Crippen LogP contribution in [0.15, 0.2) is 175 Å². The van der Waals surface area contributed by atoms with Crippen molar-refractivity contribution in [3.63, 3.8) is 0 Å². The monoisotopic (exact) mass is 2130 g/mol. The summed E-state index contributed by atoms with van der Waals surface area (Å²) in [6.07, 6.45) is 2.75. The number of aliphatic hydroxyl groups excluding tert-OH is 22. The summed E-state index contributed by atoms with van der Waals surface area (Å²) >= 11 is 0. The molecule has 33 N–H and O–H groups in total. The number of hydrogen-bond donors (Lipinski definition) is 31. The van der Waals surface area contributed by atoms with E-state index < -0.39 is 339 Å². The van der Waals surface area contributed by atoms with Crippen LogP contribution in [-0.2, 0) is 57.2 Å². The molecule has 4 saturated heterocycles. The van der Waals surface area contributed by atoms with Gasteiger partial charge in [0.1, 0.15) is 48.8 Å². The Labute approximate surface area is 868 Å². The van der Waals surface area contributed by atoms with Crippen molar-refractivity contribution in [2.75, 3.05) is 33.5 Å². The van der Waals surface area contributed by atoms with Crippen LogP contribution in [-0.4, -0.2) is 415 Å². The van der Waals surface area contributed by atoms with Crippen LogP contribution >= 0.6 is 0 Å². The van der Waals surface area contributed by atoms with Gasteiger partial charge in [-0.2, -0.15) is 0 Å². The Morgan fingerprint density at radius 1 is 0.403 bits per heavy atom. The minimum atomic E-state index is -2.39. The number of rotatable bonds is 15. The van der Waals surface area contributed by atoms with Gasteiger partial charge >= 0.3 is 24.0 Å². The van der Waals surface area contributed by atoms with Crippen LogP contribution in [0.25, 0.3) is 0 Å². The average molecular weight is 2130 g/mol. The Morgan fingerprint density at radius 2 is 0.725 bits per heavy atom. The van der Waals surface area contributed by atoms with Crippen molar-refractivity contribution < 1.29 is 195 Å². The van der Waals surface area contributed by atoms with Gasteiger partial charge in [-0.3, -0.25) is 24.5 Å². The number of guanidine groups is 1. The number of esters is 2. The summed E-state index contributed by atoms with van der Waals surface area (Å²) in [6, 6.07) is -7.43. The second-order valence-electron chi connectivity index (χ2n) is 38.7. The third-order valence-corrected chi connectivity index (χ3v) is 26.0. The van der Waals surface area contributed by atoms with Gasteiger partial charge in [-0.05, 0) is 66.2 Å². The van der Waals surface area contributed by atoms with Gasteiger partial charge in [0.05, 0.1) is 186 Å². The third-order valence-electron chi connectivity index (χ3n) is 26.0. The zero-order valence-electron chi connectivity index (χ0n) is 85.7. The Morgan fingerprint density at radius 3 is 1.06 bits per heavy atom. The number of nitrogens with one attached hydrogen (secondary N) is 4. The maximum Gasteiger partial charge on any atom is 0.339 e. The van der Waals surface area contributed by atoms with Crippen molar-refractivity contribution in [1.82, 2.24) is 26.7 Å². The molecule has 4 fully saturated rings. The first-order chi connectivity index (χ1) is 70.4. The molecule has 0 radical (unpaired) electrons. The molecule has 0 aromatic carbocycles. The van der Waals surface area contributed by atoms with Gasteiger partial charge in [0, 0.05) is 82.1 Å². The van der Waals surface area contributed by atoms with E-state index >= 15 is 0 Å². The Balaban J connectivity index is 0.000000525. The van der Waals surface area contributed by atoms with E-state index in [9.17, 15) is 147 Å². The van der Waals surface area contributed by atoms with Gasteiger partial charge in [-0.1, -0.05) is 198 Å². The molecule has 4 bridgehead atoms. The number of hydrogen-bond acceptors (Lipinski definition) is 41. The number of aliphatic imine (C=N–C) groups is 1. The highest BCUT2D eigenvalue weighted by atomic mass is 16.7. The summed E-state index contributed by atoms with van der Waals surface area (Å²) in [6.45, 7) is 10.7. The molecule has 6 heterocycles. The van der Waals surface area contributed by atoms with Crippen LogP contribution in [0.3, 0.4) is 0 Å². The van der Waals surface area contributed by atoms with Crippen LogP contribution in [0.4, 0.5) is 9.59 Å². The van der Waals surface area contributed by atoms with Gasteiger partial charge in [-0.15, -0.1) is 0 Å². The van der Waals surface area contributed by atoms with Gasteiger partial charge in [0.15, 0.2) is 24.2 Å². The lowest BCUT2D eigenvalue weighted by Crippen LogP contribution is -2.64. The van der Waals surface area contributed by atoms with Gasteiger partial charge in [0.2, 0.25) is 5.96 Å². The zero-order chi connectivity index (χ0) is 111. The SMILES string of the molecule is CC1OC(=O)C[C@H](O)C[C@H](O)CC[C@@H](O)[C@H](O)C[C@H](O)C[C@]2(O)C[C@H](O)[C@@H](NC(=O)NOC(CO)CO)[C@H](C[C@@H](O[C@@H]3O[C@H](C)[C@@H](O)[C@H](N=C(N)N(C)O)[C@@H]3O)/C=C/C=C/C=C/C=C/C=C/C=C/C=C/[C@H](C)[C@@H](O)[C@H]1C)O2.C[C@@H]1[C@H](O)[C@@H](C)/C=C/C=C/C=C/C=C/C=C/C=C/C=C/[C@H](O[C@@H]2O[C@H](C)[C@@H](O)[C@H](N)[C@@H]2O)C[C@@H]2O[C@](O)(C[C@@H](O)C[C@@H](O)[C@H](O)CC[C@@H](O)C[C@@H](O)CC(=O)O[C@H]1C)C[C@H](O)[C@H]2NC(=O)NOC(CO)CO. The molecule has 38 atom stereocenters. The number of nitrogens with zero attached hydrogens (tertiary/aromatic N) is 2. The molecule has 0 aromatic heterocycles. The topological polar surface area (TPSA) is 782 Å². The summed E-state index contributed by atoms with van der Waals surface area (Å²) in [5.74, 6) is -8.22. The van der Waals surface area contributed by atoms with E-state index in [0.29, 0.717) is 5.06 Å². The number of amides is 4. The highest BCUT2D eigenvalue weighted by Crippen LogP contribution is 2.39. The molecule has 0 saturated carbocycles. The summed E-state index contributed by atoms with van der Waals surface area (Å²) in [7, 11) is 1.17. The average Bonchev–Trinajstić information content (AvgIpc) is 0.785. The molecule has 47 heteroatoms. The summed E-state index contributed by atoms with van der Waals surface area (Å²) < 4.78 is 47.4. The number of carbonyl (C=O) groups is 4. The highest BCUT2D eigenvalue weighted by Gasteiger charge is 2.53. The quantitative estimate of drug-likeness (QED) is 0.0352. The molecular weight excluding hydrogens is 1960 g/mol. The summed E-state index contributed by atoms with van der Waals surface area (Å²) in [5, 5.41) is 274. The standard InChI is InChI=1S/C52H85N5O20.C50H81N3O19/c1-30-18-16-14-12-10-8-6-7-9-11-13-15-17-19-37(75-49-48(69)45(47(68)33(4)74-49)54-50(53)57(5)72)25-42-44(55-51(70)56-77-38(28-58)29-59)41(65)27-52(71,76-42)26-36(62)23-40(64)39(63)21-20-34(60)22-35(61)24-43(66)73-32(3)31(2)46(30)67;1-29-17-15-13-11-9-7-5-6-8-10-12-14-16-18-36(70-48-47(65)43(51)46(64)32(4)69-48)24-41-44(52-49(66)53-72-37(27-54)28-55)40(61)26-50(67,71-41)25-35(58)22-39(60)38(59)20-19-33(56)21-34(57)23-42(62)68-31(3)30(2)45(29)63/h6-19,30-42,44-49,58-65,67-69,71-72H,20-29H2,1-5H3,(H2,53,54)(H2,55,56,70);5-18,29-41,43-48,54-61,63-65,67H,19-28,51H2,1-4H3,(H2,52,53,66)/b7-6+,10-8+,11-9+,14-12+,15-13+,18-16+,19-17+;6-5+,9-7+,10-8+,13-11+,14-12+,17-15+,18-16+/t30-,31-,32?,33+,34+,35+,36-,37-,39+,40+,41-,42-,44+,45-,46+,47+,48-,49-,52+;29-,30-,31-,32+,33+,34+,35-,36-,38+,39+,40-,41-,43-,44+,45+,46+,47-,48-,50+/m00/s1. The fourth-order valence-electron chi connectivity index (χ4n) is 16.9. The molecule has 848 valence electrons. The number of nitrogens with two attached hydrogens (primary N) is 2. The third kappa shape index (κ3) is 47.7. The van der Waals surface area contributed by atoms with Crippen molar-refractivity contribution in [3.8, 4) is 0 Å². The van der Waals surface area contributed by atoms with Crippen molar-refractivity contribution in [1.29, 1.82) is 0 Å². The zero-order valence-corrected chi connectivity index (χ0v) is 85.7. The van der Waals surface area contributed by atoms with Crippen LogP contribution in [0.2, 0.25) is 0 Å². The Kier molecular flexibility index (Phi) is 60.0. The molecule has 47 nitrogen and oxygen atoms in total. The number of allylic oxidation sites excluding steroid dienone is 24. The number of fused-ring (bicyclic) bond motifs is 4. The first-order valence-electron chi connectivity index (χ1n) is 50.3. The smallest absolute Gasteiger partial charge is 0.339 e. The Hall–Kier alpha value is -8.25. The van der Waals surface area contributed by atoms with E-state index in [-0.39, 0.29) is 63.2 Å². The van der Waals surface area contributed by atoms with E-state index in [0.717, 1.165) is 0 Å². The predicted molar refractivity (Wildman–Crippen MR) is 538 cm³/mol. The normalized spacial score (nSPS) is 41.3. The van der Waals surface area contributed by atoms with E-state index in [1.54, 1.807) is 174 Å². The van der Waals surface area contributed by atoms with E-state index in [2.05, 4.69) is 15.6 Å². The van der Waals surface area contributed by atoms with Gasteiger partial charge in [-0.25, -0.2) is 30.6 Å². The minimum Gasteiger partial charge on any atom is -0.462 e. The van der Waals surface area contributed by atoms with E-state index in [4.69, 9.17) is 59.0 Å². The van der Waals surface area contributed by atoms with Crippen LogP contribution in [0, 0.1) is 23.7 Å². The predicted octanol–water partition coefficient (Wildman–Crippen LogP) is -2.40. The maximum absolute atomic E-state index is 13.1. The number of aliphatic hydroxyl groups is 24. The van der Waals surface area contributed by atoms with E-state index in [1.165, 1.54) is 33.0 Å². The lowest BCUT2D eigenvalue weighted by atomic mass is 9.87. The van der Waals surface area contributed by atoms with Gasteiger partial charge in [0.25, 0.3) is 0 Å². The highest BCUT2D eigenvalue weighted by molar-refractivity contribution is 5.77. The van der Waals surface area contributed by atoms with Crippen molar-refractivity contribution in [2.45, 2.75) is 377 Å². The summed E-state index contributed by atoms with van der Waals surface area (Å²) in [4.78, 5) is 65.7. The molecule has 0 aromatic rings.